The number of nitrogens with zero attached hydrogens (tertiary/aromatic N) is 3. The molecule has 0 bridgehead atoms. The molecule has 8 nitrogen and oxygen atoms in total. The SMILES string of the molecule is CCCOc1ccc2cc(C(=O)NCCn3cncn3)c(=O)oc2c1. The third kappa shape index (κ3) is 4.03. The van der Waals surface area contributed by atoms with E-state index >= 15 is 0 Å². The molecule has 0 saturated carbocycles. The summed E-state index contributed by atoms with van der Waals surface area (Å²) < 4.78 is 12.4. The van der Waals surface area contributed by atoms with Gasteiger partial charge in [0.1, 0.15) is 29.6 Å². The standard InChI is InChI=1S/C17H18N4O4/c1-2-7-24-13-4-3-12-8-14(17(23)25-15(12)9-13)16(22)19-5-6-21-11-18-10-20-21/h3-4,8-11H,2,5-7H2,1H3,(H,19,22). The number of aromatic nitrogens is 3. The Labute approximate surface area is 143 Å². The van der Waals surface area contributed by atoms with Crippen molar-refractivity contribution in [3.05, 3.63) is 52.9 Å². The molecule has 8 heteroatoms. The van der Waals surface area contributed by atoms with Crippen LogP contribution >= 0.6 is 0 Å². The number of fused-ring (bicyclic) bond motifs is 1. The van der Waals surface area contributed by atoms with Gasteiger partial charge in [0, 0.05) is 18.0 Å². The van der Waals surface area contributed by atoms with Gasteiger partial charge >= 0.3 is 5.63 Å². The van der Waals surface area contributed by atoms with Gasteiger partial charge in [0.25, 0.3) is 5.91 Å². The van der Waals surface area contributed by atoms with Gasteiger partial charge in [-0.3, -0.25) is 9.48 Å². The Kier molecular flexibility index (Phi) is 5.08. The first kappa shape index (κ1) is 16.7. The Morgan fingerprint density at radius 2 is 2.24 bits per heavy atom. The molecule has 0 radical (unpaired) electrons. The van der Waals surface area contributed by atoms with Gasteiger partial charge in [0.05, 0.1) is 13.2 Å². The van der Waals surface area contributed by atoms with Gasteiger partial charge in [-0.25, -0.2) is 9.78 Å². The third-order valence-corrected chi connectivity index (χ3v) is 3.52. The average Bonchev–Trinajstić information content (AvgIpc) is 3.12. The Morgan fingerprint density at radius 3 is 3.00 bits per heavy atom. The van der Waals surface area contributed by atoms with Gasteiger partial charge < -0.3 is 14.5 Å². The molecule has 0 aliphatic heterocycles. The molecule has 0 saturated heterocycles. The number of ether oxygens (including phenoxy) is 1. The second kappa shape index (κ2) is 7.61. The zero-order valence-corrected chi connectivity index (χ0v) is 13.8. The number of hydrogen-bond donors (Lipinski definition) is 1. The largest absolute Gasteiger partial charge is 0.493 e. The second-order valence-electron chi connectivity index (χ2n) is 5.41. The van der Waals surface area contributed by atoms with E-state index in [9.17, 15) is 9.59 Å². The summed E-state index contributed by atoms with van der Waals surface area (Å²) in [6, 6.07) is 6.72. The molecule has 0 fully saturated rings. The highest BCUT2D eigenvalue weighted by atomic mass is 16.5. The van der Waals surface area contributed by atoms with Crippen LogP contribution in [-0.2, 0) is 6.54 Å². The topological polar surface area (TPSA) is 99.2 Å². The maximum atomic E-state index is 12.2. The van der Waals surface area contributed by atoms with Crippen LogP contribution in [0.3, 0.4) is 0 Å². The molecule has 2 aromatic heterocycles. The lowest BCUT2D eigenvalue weighted by Crippen LogP contribution is -2.31. The van der Waals surface area contributed by atoms with Crippen molar-refractivity contribution >= 4 is 16.9 Å². The minimum Gasteiger partial charge on any atom is -0.493 e. The van der Waals surface area contributed by atoms with Crippen molar-refractivity contribution in [2.24, 2.45) is 0 Å². The van der Waals surface area contributed by atoms with E-state index in [4.69, 9.17) is 9.15 Å². The van der Waals surface area contributed by atoms with Gasteiger partial charge in [0.2, 0.25) is 0 Å². The lowest BCUT2D eigenvalue weighted by atomic mass is 10.1. The van der Waals surface area contributed by atoms with Crippen molar-refractivity contribution in [2.75, 3.05) is 13.2 Å². The van der Waals surface area contributed by atoms with Crippen molar-refractivity contribution in [3.63, 3.8) is 0 Å². The summed E-state index contributed by atoms with van der Waals surface area (Å²) in [4.78, 5) is 28.1. The molecule has 0 unspecified atom stereocenters. The second-order valence-corrected chi connectivity index (χ2v) is 5.41. The van der Waals surface area contributed by atoms with Crippen LogP contribution in [0.1, 0.15) is 23.7 Å². The number of hydrogen-bond acceptors (Lipinski definition) is 6. The Hall–Kier alpha value is -3.16. The van der Waals surface area contributed by atoms with Crippen LogP contribution in [0, 0.1) is 0 Å². The molecule has 0 aliphatic carbocycles. The minimum absolute atomic E-state index is 0.0340. The highest BCUT2D eigenvalue weighted by molar-refractivity contribution is 5.96. The summed E-state index contributed by atoms with van der Waals surface area (Å²) in [5.74, 6) is 0.143. The van der Waals surface area contributed by atoms with E-state index in [1.807, 2.05) is 6.92 Å². The normalized spacial score (nSPS) is 10.8. The lowest BCUT2D eigenvalue weighted by molar-refractivity contribution is 0.0948. The van der Waals surface area contributed by atoms with Gasteiger partial charge in [-0.2, -0.15) is 5.10 Å². The maximum Gasteiger partial charge on any atom is 0.349 e. The van der Waals surface area contributed by atoms with Crippen LogP contribution in [0.25, 0.3) is 11.0 Å². The molecule has 0 aliphatic rings. The van der Waals surface area contributed by atoms with E-state index in [0.717, 1.165) is 6.42 Å². The van der Waals surface area contributed by atoms with Crippen molar-refractivity contribution in [1.82, 2.24) is 20.1 Å². The molecular weight excluding hydrogens is 324 g/mol. The smallest absolute Gasteiger partial charge is 0.349 e. The Bertz CT molecular complexity index is 918. The van der Waals surface area contributed by atoms with Crippen molar-refractivity contribution in [2.45, 2.75) is 19.9 Å². The summed E-state index contributed by atoms with van der Waals surface area (Å²) in [6.07, 6.45) is 3.85. The van der Waals surface area contributed by atoms with Crippen molar-refractivity contribution in [1.29, 1.82) is 0 Å². The van der Waals surface area contributed by atoms with Gasteiger partial charge in [0.15, 0.2) is 0 Å². The molecule has 1 amide bonds. The summed E-state index contributed by atoms with van der Waals surface area (Å²) in [5, 5.41) is 7.26. The van der Waals surface area contributed by atoms with Gasteiger partial charge in [-0.1, -0.05) is 6.92 Å². The van der Waals surface area contributed by atoms with Crippen LogP contribution in [-0.4, -0.2) is 33.8 Å². The minimum atomic E-state index is -0.682. The van der Waals surface area contributed by atoms with E-state index < -0.39 is 11.5 Å². The summed E-state index contributed by atoms with van der Waals surface area (Å²) >= 11 is 0. The molecule has 3 aromatic rings. The van der Waals surface area contributed by atoms with Crippen molar-refractivity contribution < 1.29 is 13.9 Å². The van der Waals surface area contributed by atoms with E-state index in [1.54, 1.807) is 29.2 Å². The van der Waals surface area contributed by atoms with E-state index in [0.29, 0.717) is 36.4 Å². The zero-order valence-electron chi connectivity index (χ0n) is 13.8. The van der Waals surface area contributed by atoms with E-state index in [2.05, 4.69) is 15.4 Å². The molecule has 3 rings (SSSR count). The predicted octanol–water partition coefficient (Wildman–Crippen LogP) is 1.60. The van der Waals surface area contributed by atoms with Crippen LogP contribution < -0.4 is 15.7 Å². The van der Waals surface area contributed by atoms with Crippen LogP contribution in [0.4, 0.5) is 0 Å². The molecule has 2 heterocycles. The number of nitrogens with one attached hydrogen (secondary N) is 1. The molecule has 25 heavy (non-hydrogen) atoms. The zero-order chi connectivity index (χ0) is 17.6. The Balaban J connectivity index is 1.73. The quantitative estimate of drug-likeness (QED) is 0.655. The summed E-state index contributed by atoms with van der Waals surface area (Å²) in [5.41, 5.74) is -0.329. The highest BCUT2D eigenvalue weighted by Gasteiger charge is 2.13. The van der Waals surface area contributed by atoms with Crippen LogP contribution in [0.15, 0.2) is 46.1 Å². The maximum absolute atomic E-state index is 12.2. The monoisotopic (exact) mass is 342 g/mol. The van der Waals surface area contributed by atoms with E-state index in [-0.39, 0.29) is 5.56 Å². The molecule has 130 valence electrons. The molecular formula is C17H18N4O4. The molecule has 1 aromatic carbocycles. The van der Waals surface area contributed by atoms with E-state index in [1.165, 1.54) is 12.4 Å². The molecule has 1 N–H and O–H groups in total. The fourth-order valence-electron chi connectivity index (χ4n) is 2.29. The van der Waals surface area contributed by atoms with Crippen molar-refractivity contribution in [3.8, 4) is 5.75 Å². The van der Waals surface area contributed by atoms with Crippen LogP contribution in [0.2, 0.25) is 0 Å². The number of carbonyl (C=O) groups excluding carboxylic acids is 1. The predicted molar refractivity (Wildman–Crippen MR) is 90.6 cm³/mol. The highest BCUT2D eigenvalue weighted by Crippen LogP contribution is 2.20. The number of rotatable bonds is 7. The molecule has 0 atom stereocenters. The third-order valence-electron chi connectivity index (χ3n) is 3.52. The van der Waals surface area contributed by atoms with Gasteiger partial charge in [-0.15, -0.1) is 0 Å². The first-order chi connectivity index (χ1) is 12.2. The number of amides is 1. The number of benzene rings is 1. The van der Waals surface area contributed by atoms with Crippen LogP contribution in [0.5, 0.6) is 5.75 Å². The van der Waals surface area contributed by atoms with Gasteiger partial charge in [-0.05, 0) is 24.6 Å². The first-order valence-electron chi connectivity index (χ1n) is 7.98. The summed E-state index contributed by atoms with van der Waals surface area (Å²) in [6.45, 7) is 3.38. The number of carbonyl (C=O) groups is 1. The fourth-order valence-corrected chi connectivity index (χ4v) is 2.29. The Morgan fingerprint density at radius 1 is 1.36 bits per heavy atom. The fraction of sp³-hybridized carbons (Fsp3) is 0.294. The average molecular weight is 342 g/mol. The molecule has 0 spiro atoms. The lowest BCUT2D eigenvalue weighted by Gasteiger charge is -2.07. The first-order valence-corrected chi connectivity index (χ1v) is 7.98. The summed E-state index contributed by atoms with van der Waals surface area (Å²) in [7, 11) is 0.